The number of carbonyl (C=O) groups is 1. The molecule has 4 rings (SSSR count). The minimum Gasteiger partial charge on any atom is -0.494 e. The van der Waals surface area contributed by atoms with E-state index in [1.165, 1.54) is 19.3 Å². The topological polar surface area (TPSA) is 104 Å². The number of esters is 1. The van der Waals surface area contributed by atoms with E-state index in [0.717, 1.165) is 36.1 Å². The van der Waals surface area contributed by atoms with Crippen molar-refractivity contribution in [3.05, 3.63) is 94.9 Å². The molecular formula is C33H36N2O5. The molecule has 0 fully saturated rings. The summed E-state index contributed by atoms with van der Waals surface area (Å²) in [7, 11) is 0. The van der Waals surface area contributed by atoms with Crippen LogP contribution in [0.3, 0.4) is 0 Å². The summed E-state index contributed by atoms with van der Waals surface area (Å²) < 4.78 is 22.9. The van der Waals surface area contributed by atoms with Gasteiger partial charge in [-0.3, -0.25) is 0 Å². The molecular weight excluding hydrogens is 504 g/mol. The van der Waals surface area contributed by atoms with Crippen molar-refractivity contribution in [3.63, 3.8) is 0 Å². The molecule has 1 atom stereocenters. The van der Waals surface area contributed by atoms with Crippen molar-refractivity contribution in [1.29, 1.82) is 5.26 Å². The summed E-state index contributed by atoms with van der Waals surface area (Å²) in [6.45, 7) is 5.53. The van der Waals surface area contributed by atoms with E-state index in [-0.39, 0.29) is 5.88 Å². The molecule has 3 aromatic rings. The predicted octanol–water partition coefficient (Wildman–Crippen LogP) is 7.26. The number of rotatable bonds is 13. The first-order valence-corrected chi connectivity index (χ1v) is 13.9. The van der Waals surface area contributed by atoms with Gasteiger partial charge < -0.3 is 24.7 Å². The minimum atomic E-state index is -0.503. The summed E-state index contributed by atoms with van der Waals surface area (Å²) in [5, 5.41) is 9.87. The lowest BCUT2D eigenvalue weighted by Gasteiger charge is -2.26. The number of fused-ring (bicyclic) bond motifs is 1. The molecule has 1 aliphatic rings. The average Bonchev–Trinajstić information content (AvgIpc) is 2.97. The summed E-state index contributed by atoms with van der Waals surface area (Å²) in [5.41, 5.74) is 8.52. The number of nitriles is 1. The number of hydrogen-bond donors (Lipinski definition) is 1. The Morgan fingerprint density at radius 1 is 0.850 bits per heavy atom. The minimum absolute atomic E-state index is 0.0264. The zero-order chi connectivity index (χ0) is 28.3. The Bertz CT molecular complexity index is 1360. The third-order valence-electron chi connectivity index (χ3n) is 6.69. The molecule has 1 aliphatic heterocycles. The Kier molecular flexibility index (Phi) is 10.1. The largest absolute Gasteiger partial charge is 0.494 e. The van der Waals surface area contributed by atoms with Gasteiger partial charge in [0.25, 0.3) is 0 Å². The van der Waals surface area contributed by atoms with Crippen molar-refractivity contribution < 1.29 is 23.7 Å². The molecule has 0 radical (unpaired) electrons. The van der Waals surface area contributed by atoms with Crippen LogP contribution in [0.4, 0.5) is 0 Å². The predicted molar refractivity (Wildman–Crippen MR) is 154 cm³/mol. The average molecular weight is 541 g/mol. The third-order valence-corrected chi connectivity index (χ3v) is 6.69. The smallest absolute Gasteiger partial charge is 0.343 e. The molecule has 1 unspecified atom stereocenters. The van der Waals surface area contributed by atoms with Gasteiger partial charge in [-0.2, -0.15) is 5.26 Å². The van der Waals surface area contributed by atoms with Gasteiger partial charge in [-0.15, -0.1) is 0 Å². The van der Waals surface area contributed by atoms with E-state index in [1.54, 1.807) is 42.5 Å². The van der Waals surface area contributed by atoms with Crippen molar-refractivity contribution in [2.24, 2.45) is 5.73 Å². The molecule has 2 N–H and O–H groups in total. The quantitative estimate of drug-likeness (QED) is 0.138. The number of hydrogen-bond acceptors (Lipinski definition) is 7. The highest BCUT2D eigenvalue weighted by Gasteiger charge is 2.31. The summed E-state index contributed by atoms with van der Waals surface area (Å²) in [6, 6.07) is 21.8. The number of benzene rings is 3. The summed E-state index contributed by atoms with van der Waals surface area (Å²) in [4.78, 5) is 12.7. The van der Waals surface area contributed by atoms with Crippen LogP contribution in [0.15, 0.2) is 78.2 Å². The van der Waals surface area contributed by atoms with Crippen LogP contribution in [-0.4, -0.2) is 19.2 Å². The van der Waals surface area contributed by atoms with E-state index in [9.17, 15) is 10.1 Å². The van der Waals surface area contributed by atoms with E-state index < -0.39 is 11.9 Å². The fourth-order valence-corrected chi connectivity index (χ4v) is 4.57. The molecule has 0 aromatic heterocycles. The van der Waals surface area contributed by atoms with Crippen molar-refractivity contribution in [2.45, 2.75) is 58.3 Å². The lowest BCUT2D eigenvalue weighted by Crippen LogP contribution is -2.21. The number of ether oxygens (including phenoxy) is 4. The number of nitrogens with zero attached hydrogens (tertiary/aromatic N) is 1. The third kappa shape index (κ3) is 7.15. The normalized spacial score (nSPS) is 14.1. The molecule has 3 aromatic carbocycles. The first-order chi connectivity index (χ1) is 19.5. The summed E-state index contributed by atoms with van der Waals surface area (Å²) >= 11 is 0. The van der Waals surface area contributed by atoms with Crippen LogP contribution in [-0.2, 0) is 0 Å². The van der Waals surface area contributed by atoms with Crippen LogP contribution in [0.1, 0.15) is 79.8 Å². The maximum Gasteiger partial charge on any atom is 0.343 e. The van der Waals surface area contributed by atoms with Crippen molar-refractivity contribution in [1.82, 2.24) is 0 Å². The van der Waals surface area contributed by atoms with Gasteiger partial charge in [-0.25, -0.2) is 4.79 Å². The van der Waals surface area contributed by atoms with Gasteiger partial charge in [0.1, 0.15) is 34.6 Å². The first-order valence-electron chi connectivity index (χ1n) is 13.9. The van der Waals surface area contributed by atoms with E-state index in [1.807, 2.05) is 31.2 Å². The molecule has 1 heterocycles. The molecule has 0 saturated carbocycles. The van der Waals surface area contributed by atoms with Gasteiger partial charge in [-0.1, -0.05) is 57.7 Å². The second-order valence-corrected chi connectivity index (χ2v) is 9.72. The first kappa shape index (κ1) is 28.6. The molecule has 0 amide bonds. The number of unbranched alkanes of at least 4 members (excludes halogenated alkanes) is 4. The Morgan fingerprint density at radius 2 is 1.50 bits per heavy atom. The highest BCUT2D eigenvalue weighted by atomic mass is 16.5. The highest BCUT2D eigenvalue weighted by Crippen LogP contribution is 2.43. The highest BCUT2D eigenvalue weighted by molar-refractivity contribution is 5.91. The lowest BCUT2D eigenvalue weighted by molar-refractivity contribution is 0.0734. The van der Waals surface area contributed by atoms with E-state index >= 15 is 0 Å². The van der Waals surface area contributed by atoms with Gasteiger partial charge in [-0.05, 0) is 60.9 Å². The van der Waals surface area contributed by atoms with Crippen LogP contribution in [0.5, 0.6) is 23.0 Å². The zero-order valence-corrected chi connectivity index (χ0v) is 23.2. The summed E-state index contributed by atoms with van der Waals surface area (Å²) in [5.74, 6) is 1.33. The Balaban J connectivity index is 1.47. The van der Waals surface area contributed by atoms with Crippen molar-refractivity contribution >= 4 is 5.97 Å². The molecule has 0 saturated heterocycles. The van der Waals surface area contributed by atoms with Crippen molar-refractivity contribution in [3.8, 4) is 29.1 Å². The van der Waals surface area contributed by atoms with E-state index in [0.29, 0.717) is 41.6 Å². The Labute approximate surface area is 236 Å². The van der Waals surface area contributed by atoms with Crippen LogP contribution >= 0.6 is 0 Å². The number of carbonyl (C=O) groups excluding carboxylic acids is 1. The van der Waals surface area contributed by atoms with Crippen LogP contribution < -0.4 is 24.7 Å². The van der Waals surface area contributed by atoms with E-state index in [4.69, 9.17) is 24.7 Å². The van der Waals surface area contributed by atoms with Gasteiger partial charge in [0.2, 0.25) is 5.88 Å². The second kappa shape index (κ2) is 14.1. The second-order valence-electron chi connectivity index (χ2n) is 9.72. The van der Waals surface area contributed by atoms with Gasteiger partial charge in [0.05, 0.1) is 24.7 Å². The SMILES string of the molecule is CCCCCCCOc1ccc(C2C(C#N)=C(N)Oc3cc(OC(=O)c4ccc(OCCC)cc4)ccc32)cc1. The molecule has 208 valence electrons. The maximum absolute atomic E-state index is 12.7. The van der Waals surface area contributed by atoms with E-state index in [2.05, 4.69) is 13.0 Å². The molecule has 0 bridgehead atoms. The number of allylic oxidation sites excluding steroid dienone is 1. The van der Waals surface area contributed by atoms with Gasteiger partial charge >= 0.3 is 5.97 Å². The Hall–Kier alpha value is -4.44. The molecule has 7 nitrogen and oxygen atoms in total. The molecule has 40 heavy (non-hydrogen) atoms. The van der Waals surface area contributed by atoms with Crippen molar-refractivity contribution in [2.75, 3.05) is 13.2 Å². The molecule has 0 aliphatic carbocycles. The monoisotopic (exact) mass is 540 g/mol. The maximum atomic E-state index is 12.7. The summed E-state index contributed by atoms with van der Waals surface area (Å²) in [6.07, 6.45) is 6.80. The van der Waals surface area contributed by atoms with Crippen LogP contribution in [0, 0.1) is 11.3 Å². The molecule has 7 heteroatoms. The fraction of sp³-hybridized carbons (Fsp3) is 0.333. The lowest BCUT2D eigenvalue weighted by atomic mass is 9.83. The Morgan fingerprint density at radius 3 is 2.17 bits per heavy atom. The molecule has 0 spiro atoms. The zero-order valence-electron chi connectivity index (χ0n) is 23.2. The van der Waals surface area contributed by atoms with Gasteiger partial charge in [0, 0.05) is 11.6 Å². The van der Waals surface area contributed by atoms with Crippen LogP contribution in [0.25, 0.3) is 0 Å². The van der Waals surface area contributed by atoms with Gasteiger partial charge in [0.15, 0.2) is 0 Å². The fourth-order valence-electron chi connectivity index (χ4n) is 4.57. The standard InChI is InChI=1S/C33H36N2O5/c1-3-5-6-7-8-20-38-26-13-9-23(10-14-26)31-28-18-17-27(21-30(28)40-32(35)29(31)22-34)39-33(36)24-11-15-25(16-12-24)37-19-4-2/h9-18,21,31H,3-8,19-20,35H2,1-2H3. The van der Waals surface area contributed by atoms with Crippen LogP contribution in [0.2, 0.25) is 0 Å². The number of nitrogens with two attached hydrogens (primary N) is 1.